The molecule has 4 rings (SSSR count). The number of fused-ring (bicyclic) bond motifs is 6. The summed E-state index contributed by atoms with van der Waals surface area (Å²) in [6.07, 6.45) is 10.4. The standard InChI is InChI=1S/C25H29N5O/c1-4-8-17(5-2)20-11-12-21-23(20)28-25-27-19-10-9-18(16-26)22(15-19)31-14-7-6-13-30(3)24(21)29-25/h4-5,8-10,15,20H,6-7,11-14H2,1-3H3,(H,27,28,29). The summed E-state index contributed by atoms with van der Waals surface area (Å²) >= 11 is 0. The van der Waals surface area contributed by atoms with Gasteiger partial charge >= 0.3 is 0 Å². The first kappa shape index (κ1) is 20.9. The summed E-state index contributed by atoms with van der Waals surface area (Å²) in [6, 6.07) is 7.73. The molecule has 0 amide bonds. The van der Waals surface area contributed by atoms with Crippen molar-refractivity contribution >= 4 is 17.5 Å². The number of hydrogen-bond donors (Lipinski definition) is 1. The summed E-state index contributed by atoms with van der Waals surface area (Å²) in [5.41, 5.74) is 5.03. The average Bonchev–Trinajstić information content (AvgIpc) is 3.20. The molecule has 2 heterocycles. The lowest BCUT2D eigenvalue weighted by molar-refractivity contribution is 0.307. The first-order valence-corrected chi connectivity index (χ1v) is 11.0. The van der Waals surface area contributed by atoms with Crippen molar-refractivity contribution in [1.29, 1.82) is 5.26 Å². The molecule has 2 aliphatic rings. The predicted octanol–water partition coefficient (Wildman–Crippen LogP) is 5.25. The highest BCUT2D eigenvalue weighted by molar-refractivity contribution is 5.63. The van der Waals surface area contributed by atoms with Crippen molar-refractivity contribution in [2.75, 3.05) is 30.4 Å². The lowest BCUT2D eigenvalue weighted by Crippen LogP contribution is -2.22. The van der Waals surface area contributed by atoms with Crippen LogP contribution in [-0.4, -0.2) is 30.2 Å². The molecule has 1 unspecified atom stereocenters. The van der Waals surface area contributed by atoms with E-state index in [2.05, 4.69) is 55.4 Å². The van der Waals surface area contributed by atoms with Crippen LogP contribution in [0.2, 0.25) is 0 Å². The molecule has 4 bridgehead atoms. The maximum absolute atomic E-state index is 9.41. The molecule has 0 spiro atoms. The number of aromatic nitrogens is 2. The van der Waals surface area contributed by atoms with Crippen molar-refractivity contribution in [1.82, 2.24) is 9.97 Å². The number of rotatable bonds is 2. The number of anilines is 3. The van der Waals surface area contributed by atoms with E-state index in [9.17, 15) is 5.26 Å². The Morgan fingerprint density at radius 3 is 2.94 bits per heavy atom. The molecule has 6 nitrogen and oxygen atoms in total. The SMILES string of the molecule is CC=CC(=CC)C1CCc2c1nc1nc2N(C)CCCCOc2cc(ccc2C#N)N1. The number of nitriles is 1. The number of nitrogens with zero attached hydrogens (tertiary/aromatic N) is 4. The maximum atomic E-state index is 9.41. The van der Waals surface area contributed by atoms with E-state index in [-0.39, 0.29) is 5.92 Å². The van der Waals surface area contributed by atoms with Gasteiger partial charge in [-0.1, -0.05) is 18.2 Å². The van der Waals surface area contributed by atoms with Crippen molar-refractivity contribution in [2.45, 2.75) is 45.4 Å². The normalized spacial score (nSPS) is 18.8. The minimum Gasteiger partial charge on any atom is -0.492 e. The molecule has 2 aromatic rings. The second-order valence-electron chi connectivity index (χ2n) is 8.04. The summed E-state index contributed by atoms with van der Waals surface area (Å²) in [6.45, 7) is 5.63. The highest BCUT2D eigenvalue weighted by Gasteiger charge is 2.31. The fourth-order valence-corrected chi connectivity index (χ4v) is 4.42. The van der Waals surface area contributed by atoms with Gasteiger partial charge in [0.1, 0.15) is 17.6 Å². The van der Waals surface area contributed by atoms with E-state index in [0.29, 0.717) is 23.9 Å². The lowest BCUT2D eigenvalue weighted by Gasteiger charge is -2.22. The molecule has 0 radical (unpaired) electrons. The molecule has 1 aliphatic heterocycles. The topological polar surface area (TPSA) is 74.1 Å². The third kappa shape index (κ3) is 4.27. The van der Waals surface area contributed by atoms with Gasteiger partial charge in [0.05, 0.1) is 17.9 Å². The Hall–Kier alpha value is -3.33. The average molecular weight is 416 g/mol. The molecule has 160 valence electrons. The van der Waals surface area contributed by atoms with Gasteiger partial charge in [0.25, 0.3) is 0 Å². The fourth-order valence-electron chi connectivity index (χ4n) is 4.42. The maximum Gasteiger partial charge on any atom is 0.229 e. The van der Waals surface area contributed by atoms with E-state index in [0.717, 1.165) is 49.4 Å². The second kappa shape index (κ2) is 9.22. The van der Waals surface area contributed by atoms with Gasteiger partial charge in [-0.15, -0.1) is 0 Å². The van der Waals surface area contributed by atoms with Gasteiger partial charge in [-0.25, -0.2) is 4.98 Å². The van der Waals surface area contributed by atoms with Crippen LogP contribution in [-0.2, 0) is 6.42 Å². The second-order valence-corrected chi connectivity index (χ2v) is 8.04. The van der Waals surface area contributed by atoms with Gasteiger partial charge in [0, 0.05) is 36.8 Å². The van der Waals surface area contributed by atoms with E-state index in [4.69, 9.17) is 14.7 Å². The highest BCUT2D eigenvalue weighted by atomic mass is 16.5. The van der Waals surface area contributed by atoms with Gasteiger partial charge in [-0.2, -0.15) is 10.2 Å². The molecule has 1 aliphatic carbocycles. The zero-order chi connectivity index (χ0) is 21.8. The first-order valence-electron chi connectivity index (χ1n) is 11.0. The molecule has 1 N–H and O–H groups in total. The van der Waals surface area contributed by atoms with Crippen LogP contribution in [0.5, 0.6) is 5.75 Å². The Morgan fingerprint density at radius 2 is 2.16 bits per heavy atom. The van der Waals surface area contributed by atoms with E-state index < -0.39 is 0 Å². The monoisotopic (exact) mass is 415 g/mol. The number of nitrogens with one attached hydrogen (secondary N) is 1. The molecule has 31 heavy (non-hydrogen) atoms. The summed E-state index contributed by atoms with van der Waals surface area (Å²) in [5.74, 6) is 2.48. The first-order chi connectivity index (χ1) is 15.1. The molecule has 0 fully saturated rings. The van der Waals surface area contributed by atoms with Crippen LogP contribution in [0.15, 0.2) is 42.0 Å². The van der Waals surface area contributed by atoms with E-state index >= 15 is 0 Å². The van der Waals surface area contributed by atoms with Crippen molar-refractivity contribution in [2.24, 2.45) is 0 Å². The molecular weight excluding hydrogens is 386 g/mol. The molecule has 6 heteroatoms. The molecule has 0 saturated carbocycles. The summed E-state index contributed by atoms with van der Waals surface area (Å²) < 4.78 is 5.91. The largest absolute Gasteiger partial charge is 0.492 e. The highest BCUT2D eigenvalue weighted by Crippen LogP contribution is 2.42. The van der Waals surface area contributed by atoms with Crippen molar-refractivity contribution in [3.8, 4) is 11.8 Å². The van der Waals surface area contributed by atoms with Gasteiger partial charge in [-0.3, -0.25) is 0 Å². The van der Waals surface area contributed by atoms with Crippen molar-refractivity contribution in [3.63, 3.8) is 0 Å². The van der Waals surface area contributed by atoms with E-state index in [1.54, 1.807) is 6.07 Å². The van der Waals surface area contributed by atoms with Crippen LogP contribution < -0.4 is 15.0 Å². The lowest BCUT2D eigenvalue weighted by atomic mass is 9.95. The third-order valence-corrected chi connectivity index (χ3v) is 5.99. The molecule has 1 aromatic carbocycles. The summed E-state index contributed by atoms with van der Waals surface area (Å²) in [7, 11) is 2.11. The Kier molecular flexibility index (Phi) is 6.22. The van der Waals surface area contributed by atoms with Gasteiger partial charge in [-0.05, 0) is 57.2 Å². The van der Waals surface area contributed by atoms with E-state index in [1.807, 2.05) is 12.1 Å². The van der Waals surface area contributed by atoms with Crippen molar-refractivity contribution < 1.29 is 4.74 Å². The Balaban J connectivity index is 1.80. The van der Waals surface area contributed by atoms with E-state index in [1.165, 1.54) is 11.1 Å². The van der Waals surface area contributed by atoms with Crippen LogP contribution in [0.1, 0.15) is 55.8 Å². The summed E-state index contributed by atoms with van der Waals surface area (Å²) in [4.78, 5) is 12.1. The Bertz CT molecular complexity index is 1070. The quantitative estimate of drug-likeness (QED) is 0.675. The molecular formula is C25H29N5O. The minimum atomic E-state index is 0.280. The fraction of sp³-hybridized carbons (Fsp3) is 0.400. The number of ether oxygens (including phenoxy) is 1. The zero-order valence-electron chi connectivity index (χ0n) is 18.5. The zero-order valence-corrected chi connectivity index (χ0v) is 18.5. The Morgan fingerprint density at radius 1 is 1.29 bits per heavy atom. The molecule has 0 saturated heterocycles. The Labute approximate surface area is 184 Å². The van der Waals surface area contributed by atoms with Gasteiger partial charge < -0.3 is 15.0 Å². The van der Waals surface area contributed by atoms with Crippen LogP contribution in [0.4, 0.5) is 17.5 Å². The van der Waals surface area contributed by atoms with Crippen molar-refractivity contribution in [3.05, 3.63) is 58.8 Å². The van der Waals surface area contributed by atoms with Crippen LogP contribution in [0.25, 0.3) is 0 Å². The molecule has 1 aromatic heterocycles. The minimum absolute atomic E-state index is 0.280. The van der Waals surface area contributed by atoms with Crippen LogP contribution in [0.3, 0.4) is 0 Å². The number of allylic oxidation sites excluding steroid dienone is 4. The third-order valence-electron chi connectivity index (χ3n) is 5.99. The molecule has 1 atom stereocenters. The summed E-state index contributed by atoms with van der Waals surface area (Å²) in [5, 5.41) is 12.8. The predicted molar refractivity (Wildman–Crippen MR) is 124 cm³/mol. The van der Waals surface area contributed by atoms with Crippen LogP contribution >= 0.6 is 0 Å². The van der Waals surface area contributed by atoms with Gasteiger partial charge in [0.15, 0.2) is 0 Å². The van der Waals surface area contributed by atoms with Crippen LogP contribution in [0, 0.1) is 11.3 Å². The number of benzene rings is 1. The number of hydrogen-bond acceptors (Lipinski definition) is 6. The smallest absolute Gasteiger partial charge is 0.229 e. The van der Waals surface area contributed by atoms with Gasteiger partial charge in [0.2, 0.25) is 5.95 Å².